The molecular formula is C20H18BrN5S. The zero-order chi connectivity index (χ0) is 18.8. The molecule has 7 heteroatoms. The molecule has 0 amide bonds. The summed E-state index contributed by atoms with van der Waals surface area (Å²) >= 11 is 5.16. The molecule has 5 nitrogen and oxygen atoms in total. The molecule has 4 N–H and O–H groups in total. The fourth-order valence-electron chi connectivity index (χ4n) is 2.98. The first-order valence-corrected chi connectivity index (χ1v) is 10.2. The maximum atomic E-state index is 6.57. The van der Waals surface area contributed by atoms with Crippen LogP contribution in [0.4, 0.5) is 0 Å². The van der Waals surface area contributed by atoms with Crippen molar-refractivity contribution in [2.24, 2.45) is 11.5 Å². The van der Waals surface area contributed by atoms with Crippen LogP contribution >= 0.6 is 27.3 Å². The molecule has 0 saturated carbocycles. The Morgan fingerprint density at radius 1 is 1.00 bits per heavy atom. The van der Waals surface area contributed by atoms with E-state index in [4.69, 9.17) is 21.4 Å². The number of fused-ring (bicyclic) bond motifs is 1. The normalized spacial score (nSPS) is 13.6. The monoisotopic (exact) mass is 439 g/mol. The Kier molecular flexibility index (Phi) is 5.27. The van der Waals surface area contributed by atoms with Crippen LogP contribution in [0.15, 0.2) is 64.7 Å². The van der Waals surface area contributed by atoms with Crippen molar-refractivity contribution in [2.75, 3.05) is 0 Å². The third-order valence-corrected chi connectivity index (χ3v) is 6.33. The molecular weight excluding hydrogens is 422 g/mol. The number of pyridine rings is 1. The third-order valence-electron chi connectivity index (χ3n) is 4.43. The van der Waals surface area contributed by atoms with E-state index in [1.807, 2.05) is 35.7 Å². The van der Waals surface area contributed by atoms with Gasteiger partial charge in [-0.25, -0.2) is 9.97 Å². The van der Waals surface area contributed by atoms with E-state index in [1.54, 1.807) is 23.7 Å². The highest BCUT2D eigenvalue weighted by Crippen LogP contribution is 2.35. The number of hydrogen-bond donors (Lipinski definition) is 2. The van der Waals surface area contributed by atoms with Crippen molar-refractivity contribution in [3.8, 4) is 11.4 Å². The maximum Gasteiger partial charge on any atom is 0.160 e. The molecule has 0 aliphatic carbocycles. The van der Waals surface area contributed by atoms with E-state index in [0.29, 0.717) is 12.2 Å². The molecule has 0 fully saturated rings. The molecule has 0 aliphatic heterocycles. The molecule has 4 rings (SSSR count). The summed E-state index contributed by atoms with van der Waals surface area (Å²) in [5, 5.41) is 2.01. The van der Waals surface area contributed by atoms with Crippen LogP contribution in [0.1, 0.15) is 17.3 Å². The number of nitrogens with zero attached hydrogens (tertiary/aromatic N) is 3. The largest absolute Gasteiger partial charge is 0.326 e. The molecule has 4 aromatic rings. The molecule has 0 bridgehead atoms. The minimum atomic E-state index is -0.401. The smallest absolute Gasteiger partial charge is 0.160 e. The highest BCUT2D eigenvalue weighted by molar-refractivity contribution is 9.10. The molecule has 3 heterocycles. The molecule has 0 radical (unpaired) electrons. The first-order valence-electron chi connectivity index (χ1n) is 8.53. The molecule has 2 atom stereocenters. The molecule has 3 aromatic heterocycles. The van der Waals surface area contributed by atoms with Gasteiger partial charge in [-0.2, -0.15) is 0 Å². The van der Waals surface area contributed by atoms with E-state index in [1.165, 1.54) is 0 Å². The summed E-state index contributed by atoms with van der Waals surface area (Å²) < 4.78 is 1.90. The Labute approximate surface area is 169 Å². The first-order chi connectivity index (χ1) is 13.1. The Bertz CT molecular complexity index is 1050. The number of aromatic nitrogens is 3. The number of thiophene rings is 1. The molecule has 27 heavy (non-hydrogen) atoms. The predicted octanol–water partition coefficient (Wildman–Crippen LogP) is 4.09. The summed E-state index contributed by atoms with van der Waals surface area (Å²) in [7, 11) is 0. The van der Waals surface area contributed by atoms with Crippen molar-refractivity contribution in [3.05, 3.63) is 76.0 Å². The zero-order valence-corrected chi connectivity index (χ0v) is 16.8. The van der Waals surface area contributed by atoms with Crippen LogP contribution < -0.4 is 11.5 Å². The fraction of sp³-hybridized carbons (Fsp3) is 0.150. The first kappa shape index (κ1) is 18.2. The summed E-state index contributed by atoms with van der Waals surface area (Å²) in [4.78, 5) is 13.6. The second kappa shape index (κ2) is 7.82. The van der Waals surface area contributed by atoms with Crippen molar-refractivity contribution in [1.29, 1.82) is 0 Å². The lowest BCUT2D eigenvalue weighted by Gasteiger charge is -2.20. The van der Waals surface area contributed by atoms with Crippen molar-refractivity contribution in [3.63, 3.8) is 0 Å². The van der Waals surface area contributed by atoms with Gasteiger partial charge in [-0.15, -0.1) is 11.3 Å². The second-order valence-corrected chi connectivity index (χ2v) is 8.04. The summed E-state index contributed by atoms with van der Waals surface area (Å²) in [5.41, 5.74) is 16.7. The van der Waals surface area contributed by atoms with Gasteiger partial charge in [-0.3, -0.25) is 4.98 Å². The van der Waals surface area contributed by atoms with Gasteiger partial charge < -0.3 is 11.5 Å². The number of hydrogen-bond acceptors (Lipinski definition) is 6. The lowest BCUT2D eigenvalue weighted by Crippen LogP contribution is -2.36. The van der Waals surface area contributed by atoms with Gasteiger partial charge in [0, 0.05) is 29.4 Å². The van der Waals surface area contributed by atoms with Crippen LogP contribution in [0.2, 0.25) is 0 Å². The van der Waals surface area contributed by atoms with Crippen LogP contribution in [0.5, 0.6) is 0 Å². The molecule has 0 spiro atoms. The van der Waals surface area contributed by atoms with E-state index >= 15 is 0 Å². The minimum absolute atomic E-state index is 0.253. The molecule has 1 aromatic carbocycles. The topological polar surface area (TPSA) is 90.7 Å². The highest BCUT2D eigenvalue weighted by atomic mass is 79.9. The van der Waals surface area contributed by atoms with Gasteiger partial charge in [0.05, 0.1) is 26.4 Å². The molecule has 2 unspecified atom stereocenters. The summed E-state index contributed by atoms with van der Waals surface area (Å²) in [5.74, 6) is 0.626. The number of halogens is 1. The lowest BCUT2D eigenvalue weighted by molar-refractivity contribution is 0.537. The summed E-state index contributed by atoms with van der Waals surface area (Å²) in [6.45, 7) is 0. The third kappa shape index (κ3) is 3.77. The van der Waals surface area contributed by atoms with Crippen molar-refractivity contribution in [2.45, 2.75) is 18.5 Å². The van der Waals surface area contributed by atoms with Crippen LogP contribution in [0, 0.1) is 0 Å². The van der Waals surface area contributed by atoms with E-state index in [9.17, 15) is 0 Å². The fourth-order valence-corrected chi connectivity index (χ4v) is 4.59. The quantitative estimate of drug-likeness (QED) is 0.488. The average molecular weight is 440 g/mol. The maximum absolute atomic E-state index is 6.57. The highest BCUT2D eigenvalue weighted by Gasteiger charge is 2.23. The van der Waals surface area contributed by atoms with Gasteiger partial charge in [0.15, 0.2) is 5.82 Å². The zero-order valence-electron chi connectivity index (χ0n) is 14.4. The van der Waals surface area contributed by atoms with Gasteiger partial charge in [-0.05, 0) is 40.0 Å². The van der Waals surface area contributed by atoms with Crippen molar-refractivity contribution < 1.29 is 0 Å². The summed E-state index contributed by atoms with van der Waals surface area (Å²) in [6.07, 6.45) is 4.14. The van der Waals surface area contributed by atoms with Gasteiger partial charge >= 0.3 is 0 Å². The average Bonchev–Trinajstić information content (AvgIpc) is 3.09. The van der Waals surface area contributed by atoms with E-state index in [0.717, 1.165) is 31.5 Å². The van der Waals surface area contributed by atoms with Gasteiger partial charge in [0.1, 0.15) is 0 Å². The molecule has 0 saturated heterocycles. The molecule has 136 valence electrons. The predicted molar refractivity (Wildman–Crippen MR) is 113 cm³/mol. The summed E-state index contributed by atoms with van der Waals surface area (Å²) in [6, 6.07) is 13.3. The van der Waals surface area contributed by atoms with Crippen LogP contribution in [-0.4, -0.2) is 21.0 Å². The SMILES string of the molecule is NC(Cc1ccccc1)C(N)c1nc(-c2ccncc2)nc2c(Br)csc12. The Balaban J connectivity index is 1.75. The van der Waals surface area contributed by atoms with E-state index < -0.39 is 6.04 Å². The van der Waals surface area contributed by atoms with Gasteiger partial charge in [0.2, 0.25) is 0 Å². The van der Waals surface area contributed by atoms with Crippen LogP contribution in [0.25, 0.3) is 21.6 Å². The number of rotatable bonds is 5. The lowest BCUT2D eigenvalue weighted by atomic mass is 9.98. The minimum Gasteiger partial charge on any atom is -0.326 e. The standard InChI is InChI=1S/C20H18BrN5S/c21-14-11-27-19-17(14)25-20(13-6-8-24-9-7-13)26-18(19)16(23)15(22)10-12-4-2-1-3-5-12/h1-9,11,15-16H,10,22-23H2. The van der Waals surface area contributed by atoms with Gasteiger partial charge in [-0.1, -0.05) is 30.3 Å². The number of benzene rings is 1. The van der Waals surface area contributed by atoms with E-state index in [2.05, 4.69) is 33.0 Å². The van der Waals surface area contributed by atoms with Crippen molar-refractivity contribution >= 4 is 37.5 Å². The van der Waals surface area contributed by atoms with Crippen LogP contribution in [-0.2, 0) is 6.42 Å². The van der Waals surface area contributed by atoms with E-state index in [-0.39, 0.29) is 6.04 Å². The Morgan fingerprint density at radius 3 is 2.48 bits per heavy atom. The Hall–Kier alpha value is -2.19. The molecule has 0 aliphatic rings. The Morgan fingerprint density at radius 2 is 1.74 bits per heavy atom. The second-order valence-electron chi connectivity index (χ2n) is 6.31. The number of nitrogens with two attached hydrogens (primary N) is 2. The van der Waals surface area contributed by atoms with Gasteiger partial charge in [0.25, 0.3) is 0 Å². The van der Waals surface area contributed by atoms with Crippen LogP contribution in [0.3, 0.4) is 0 Å². The van der Waals surface area contributed by atoms with Crippen molar-refractivity contribution in [1.82, 2.24) is 15.0 Å².